The van der Waals surface area contributed by atoms with Gasteiger partial charge in [0.15, 0.2) is 0 Å². The predicted octanol–water partition coefficient (Wildman–Crippen LogP) is 3.49. The van der Waals surface area contributed by atoms with Crippen LogP contribution in [0.25, 0.3) is 0 Å². The maximum atomic E-state index is 13.1. The molecule has 0 aromatic heterocycles. The van der Waals surface area contributed by atoms with E-state index in [1.54, 1.807) is 0 Å². The molecule has 4 heteroatoms. The van der Waals surface area contributed by atoms with Crippen LogP contribution in [-0.4, -0.2) is 19.3 Å². The lowest BCUT2D eigenvalue weighted by Crippen LogP contribution is -2.36. The summed E-state index contributed by atoms with van der Waals surface area (Å²) in [7, 11) is 0. The van der Waals surface area contributed by atoms with Crippen molar-refractivity contribution >= 4 is 15.9 Å². The zero-order valence-corrected chi connectivity index (χ0v) is 12.2. The lowest BCUT2D eigenvalue weighted by Gasteiger charge is -2.28. The zero-order chi connectivity index (χ0) is 13.0. The summed E-state index contributed by atoms with van der Waals surface area (Å²) in [6.07, 6.45) is 2.25. The first-order valence-electron chi connectivity index (χ1n) is 6.42. The Morgan fingerprint density at radius 3 is 2.83 bits per heavy atom. The number of hydrogen-bond donors (Lipinski definition) is 1. The van der Waals surface area contributed by atoms with Gasteiger partial charge in [0.2, 0.25) is 0 Å². The van der Waals surface area contributed by atoms with Crippen molar-refractivity contribution in [2.75, 3.05) is 13.2 Å². The highest BCUT2D eigenvalue weighted by Crippen LogP contribution is 2.20. The van der Waals surface area contributed by atoms with Crippen LogP contribution in [0.3, 0.4) is 0 Å². The van der Waals surface area contributed by atoms with E-state index < -0.39 is 0 Å². The zero-order valence-electron chi connectivity index (χ0n) is 10.6. The fourth-order valence-corrected chi connectivity index (χ4v) is 2.74. The van der Waals surface area contributed by atoms with Gasteiger partial charge in [-0.2, -0.15) is 0 Å². The second-order valence-corrected chi connectivity index (χ2v) is 5.72. The number of rotatable bonds is 4. The minimum Gasteiger partial charge on any atom is -0.381 e. The second-order valence-electron chi connectivity index (χ2n) is 4.87. The highest BCUT2D eigenvalue weighted by Gasteiger charge is 2.19. The molecule has 1 aromatic rings. The topological polar surface area (TPSA) is 21.3 Å². The largest absolute Gasteiger partial charge is 0.381 e. The van der Waals surface area contributed by atoms with Crippen LogP contribution < -0.4 is 5.32 Å². The minimum atomic E-state index is -0.212. The first-order chi connectivity index (χ1) is 8.66. The van der Waals surface area contributed by atoms with Gasteiger partial charge < -0.3 is 10.1 Å². The number of ether oxygens (including phenoxy) is 1. The third-order valence-corrected chi connectivity index (χ3v) is 4.19. The molecule has 1 fully saturated rings. The molecule has 2 nitrogen and oxygen atoms in total. The van der Waals surface area contributed by atoms with E-state index >= 15 is 0 Å². The molecule has 0 radical (unpaired) electrons. The summed E-state index contributed by atoms with van der Waals surface area (Å²) >= 11 is 3.21. The summed E-state index contributed by atoms with van der Waals surface area (Å²) in [6, 6.07) is 5.63. The molecule has 100 valence electrons. The summed E-state index contributed by atoms with van der Waals surface area (Å²) in [5.74, 6) is 0.471. The Morgan fingerprint density at radius 1 is 1.44 bits per heavy atom. The van der Waals surface area contributed by atoms with Crippen LogP contribution in [0.5, 0.6) is 0 Å². The third kappa shape index (κ3) is 3.77. The molecule has 0 saturated carbocycles. The van der Waals surface area contributed by atoms with Gasteiger partial charge in [0.1, 0.15) is 5.82 Å². The highest BCUT2D eigenvalue weighted by atomic mass is 79.9. The van der Waals surface area contributed by atoms with Gasteiger partial charge in [-0.15, -0.1) is 0 Å². The highest BCUT2D eigenvalue weighted by molar-refractivity contribution is 9.10. The van der Waals surface area contributed by atoms with Gasteiger partial charge in [-0.1, -0.05) is 6.07 Å². The Hall–Kier alpha value is -0.450. The van der Waals surface area contributed by atoms with Crippen molar-refractivity contribution in [3.05, 3.63) is 34.1 Å². The van der Waals surface area contributed by atoms with Crippen molar-refractivity contribution in [3.63, 3.8) is 0 Å². The molecule has 1 atom stereocenters. The SMILES string of the molecule is CC(NCc1ccc(F)c(Br)c1)C1CCOCC1. The van der Waals surface area contributed by atoms with E-state index in [-0.39, 0.29) is 5.82 Å². The number of hydrogen-bond acceptors (Lipinski definition) is 2. The Labute approximate surface area is 116 Å². The molecule has 2 rings (SSSR count). The molecule has 0 bridgehead atoms. The average molecular weight is 316 g/mol. The number of benzene rings is 1. The molecule has 1 N–H and O–H groups in total. The van der Waals surface area contributed by atoms with E-state index in [9.17, 15) is 4.39 Å². The van der Waals surface area contributed by atoms with Crippen LogP contribution in [0.2, 0.25) is 0 Å². The minimum absolute atomic E-state index is 0.212. The van der Waals surface area contributed by atoms with Gasteiger partial charge in [-0.05, 0) is 59.3 Å². The van der Waals surface area contributed by atoms with Gasteiger partial charge in [-0.3, -0.25) is 0 Å². The monoisotopic (exact) mass is 315 g/mol. The maximum absolute atomic E-state index is 13.1. The molecule has 1 heterocycles. The van der Waals surface area contributed by atoms with Gasteiger partial charge in [0.25, 0.3) is 0 Å². The van der Waals surface area contributed by atoms with Crippen molar-refractivity contribution in [2.24, 2.45) is 5.92 Å². The van der Waals surface area contributed by atoms with E-state index in [0.29, 0.717) is 16.4 Å². The third-order valence-electron chi connectivity index (χ3n) is 3.59. The molecule has 18 heavy (non-hydrogen) atoms. The molecule has 0 amide bonds. The van der Waals surface area contributed by atoms with E-state index in [4.69, 9.17) is 4.74 Å². The number of nitrogens with one attached hydrogen (secondary N) is 1. The first kappa shape index (κ1) is 14.0. The van der Waals surface area contributed by atoms with Crippen molar-refractivity contribution in [3.8, 4) is 0 Å². The molecule has 1 unspecified atom stereocenters. The van der Waals surface area contributed by atoms with Crippen molar-refractivity contribution < 1.29 is 9.13 Å². The smallest absolute Gasteiger partial charge is 0.137 e. The fourth-order valence-electron chi connectivity index (χ4n) is 2.31. The standard InChI is InChI=1S/C14H19BrFNO/c1-10(12-4-6-18-7-5-12)17-9-11-2-3-14(16)13(15)8-11/h2-3,8,10,12,17H,4-7,9H2,1H3. The molecular formula is C14H19BrFNO. The van der Waals surface area contributed by atoms with Crippen molar-refractivity contribution in [1.29, 1.82) is 0 Å². The Kier molecular flexibility index (Phi) is 5.15. The Bertz CT molecular complexity index is 393. The van der Waals surface area contributed by atoms with Gasteiger partial charge in [-0.25, -0.2) is 4.39 Å². The molecule has 1 aromatic carbocycles. The van der Waals surface area contributed by atoms with E-state index in [1.165, 1.54) is 6.07 Å². The summed E-state index contributed by atoms with van der Waals surface area (Å²) in [6.45, 7) is 4.74. The average Bonchev–Trinajstić information content (AvgIpc) is 2.41. The van der Waals surface area contributed by atoms with E-state index in [2.05, 4.69) is 28.2 Å². The maximum Gasteiger partial charge on any atom is 0.137 e. The normalized spacial score (nSPS) is 18.8. The van der Waals surface area contributed by atoms with Gasteiger partial charge >= 0.3 is 0 Å². The molecule has 1 aliphatic rings. The quantitative estimate of drug-likeness (QED) is 0.918. The van der Waals surface area contributed by atoms with Crippen molar-refractivity contribution in [2.45, 2.75) is 32.4 Å². The molecule has 1 aliphatic heterocycles. The van der Waals surface area contributed by atoms with Crippen LogP contribution >= 0.6 is 15.9 Å². The fraction of sp³-hybridized carbons (Fsp3) is 0.571. The summed E-state index contributed by atoms with van der Waals surface area (Å²) in [4.78, 5) is 0. The molecule has 0 aliphatic carbocycles. The summed E-state index contributed by atoms with van der Waals surface area (Å²) in [5, 5.41) is 3.52. The summed E-state index contributed by atoms with van der Waals surface area (Å²) < 4.78 is 19.0. The van der Waals surface area contributed by atoms with Crippen LogP contribution in [0, 0.1) is 11.7 Å². The first-order valence-corrected chi connectivity index (χ1v) is 7.21. The molecule has 1 saturated heterocycles. The lowest BCUT2D eigenvalue weighted by molar-refractivity contribution is 0.0558. The second kappa shape index (κ2) is 6.64. The lowest BCUT2D eigenvalue weighted by atomic mass is 9.93. The Balaban J connectivity index is 1.84. The van der Waals surface area contributed by atoms with Crippen LogP contribution in [0.1, 0.15) is 25.3 Å². The number of halogens is 2. The van der Waals surface area contributed by atoms with Crippen LogP contribution in [0.4, 0.5) is 4.39 Å². The summed E-state index contributed by atoms with van der Waals surface area (Å²) in [5.41, 5.74) is 1.10. The van der Waals surface area contributed by atoms with Gasteiger partial charge in [0, 0.05) is 25.8 Å². The van der Waals surface area contributed by atoms with Crippen LogP contribution in [-0.2, 0) is 11.3 Å². The molecular weight excluding hydrogens is 297 g/mol. The molecule has 0 spiro atoms. The Morgan fingerprint density at radius 2 is 2.17 bits per heavy atom. The van der Waals surface area contributed by atoms with Gasteiger partial charge in [0.05, 0.1) is 4.47 Å². The van der Waals surface area contributed by atoms with E-state index in [0.717, 1.165) is 38.2 Å². The predicted molar refractivity (Wildman–Crippen MR) is 73.9 cm³/mol. The van der Waals surface area contributed by atoms with Crippen LogP contribution in [0.15, 0.2) is 22.7 Å². The van der Waals surface area contributed by atoms with Crippen molar-refractivity contribution in [1.82, 2.24) is 5.32 Å². The van der Waals surface area contributed by atoms with E-state index in [1.807, 2.05) is 12.1 Å².